The minimum atomic E-state index is 0.334. The summed E-state index contributed by atoms with van der Waals surface area (Å²) in [5.74, 6) is 6.41. The number of carbonyl (C=O) groups excluding carboxylic acids is 1. The number of rotatable bonds is 5. The Morgan fingerprint density at radius 2 is 1.64 bits per heavy atom. The molecule has 0 N–H and O–H groups in total. The monoisotopic (exact) mass is 386 g/mol. The molecule has 4 aliphatic carbocycles. The minimum Gasteiger partial charge on any atom is -0.299 e. The van der Waals surface area contributed by atoms with Gasteiger partial charge in [0.25, 0.3) is 0 Å². The Labute approximate surface area is 174 Å². The Morgan fingerprint density at radius 3 is 2.39 bits per heavy atom. The van der Waals surface area contributed by atoms with Gasteiger partial charge in [0.05, 0.1) is 0 Å². The molecule has 160 valence electrons. The Balaban J connectivity index is 1.48. The summed E-state index contributed by atoms with van der Waals surface area (Å²) in [5.41, 5.74) is 0.917. The molecule has 0 aromatic carbocycles. The molecular weight excluding hydrogens is 340 g/mol. The van der Waals surface area contributed by atoms with Crippen molar-refractivity contribution in [3.05, 3.63) is 0 Å². The first-order valence-electron chi connectivity index (χ1n) is 12.8. The first-order chi connectivity index (χ1) is 13.3. The van der Waals surface area contributed by atoms with Gasteiger partial charge in [-0.15, -0.1) is 0 Å². The molecular formula is C27H46O. The van der Waals surface area contributed by atoms with E-state index >= 15 is 0 Å². The average molecular weight is 387 g/mol. The molecule has 0 unspecified atom stereocenters. The van der Waals surface area contributed by atoms with Gasteiger partial charge in [0.1, 0.15) is 5.78 Å². The summed E-state index contributed by atoms with van der Waals surface area (Å²) >= 11 is 0. The fourth-order valence-electron chi connectivity index (χ4n) is 9.19. The molecule has 1 heteroatoms. The molecule has 4 saturated carbocycles. The highest BCUT2D eigenvalue weighted by Crippen LogP contribution is 2.68. The van der Waals surface area contributed by atoms with Crippen LogP contribution in [0.25, 0.3) is 0 Å². The van der Waals surface area contributed by atoms with Crippen LogP contribution in [0.2, 0.25) is 0 Å². The van der Waals surface area contributed by atoms with Crippen molar-refractivity contribution in [2.75, 3.05) is 0 Å². The summed E-state index contributed by atoms with van der Waals surface area (Å²) in [6.07, 6.45) is 16.0. The molecule has 0 bridgehead atoms. The Bertz CT molecular complexity index is 579. The molecule has 0 saturated heterocycles. The van der Waals surface area contributed by atoms with Crippen molar-refractivity contribution in [3.63, 3.8) is 0 Å². The molecule has 4 rings (SSSR count). The average Bonchev–Trinajstić information content (AvgIpc) is 2.98. The molecule has 1 nitrogen and oxygen atoms in total. The van der Waals surface area contributed by atoms with Crippen LogP contribution < -0.4 is 0 Å². The van der Waals surface area contributed by atoms with E-state index in [1.807, 2.05) is 0 Å². The number of hydrogen-bond donors (Lipinski definition) is 0. The zero-order valence-corrected chi connectivity index (χ0v) is 19.4. The number of fused-ring (bicyclic) bond motifs is 5. The first kappa shape index (κ1) is 20.9. The van der Waals surface area contributed by atoms with E-state index in [1.54, 1.807) is 0 Å². The summed E-state index contributed by atoms with van der Waals surface area (Å²) in [6, 6.07) is 0. The Kier molecular flexibility index (Phi) is 5.78. The van der Waals surface area contributed by atoms with Gasteiger partial charge in [-0.3, -0.25) is 4.79 Å². The molecule has 4 aliphatic rings. The van der Waals surface area contributed by atoms with Crippen molar-refractivity contribution in [2.24, 2.45) is 52.3 Å². The topological polar surface area (TPSA) is 17.1 Å². The van der Waals surface area contributed by atoms with Crippen LogP contribution >= 0.6 is 0 Å². The maximum atomic E-state index is 12.7. The van der Waals surface area contributed by atoms with Gasteiger partial charge >= 0.3 is 0 Å². The van der Waals surface area contributed by atoms with E-state index in [9.17, 15) is 4.79 Å². The van der Waals surface area contributed by atoms with Crippen LogP contribution in [0.3, 0.4) is 0 Å². The maximum Gasteiger partial charge on any atom is 0.136 e. The van der Waals surface area contributed by atoms with Crippen LogP contribution in [-0.4, -0.2) is 5.78 Å². The van der Waals surface area contributed by atoms with Crippen LogP contribution in [0.5, 0.6) is 0 Å². The highest BCUT2D eigenvalue weighted by atomic mass is 16.1. The predicted octanol–water partition coefficient (Wildman–Crippen LogP) is 7.68. The van der Waals surface area contributed by atoms with E-state index in [2.05, 4.69) is 34.6 Å². The number of carbonyl (C=O) groups is 1. The first-order valence-corrected chi connectivity index (χ1v) is 12.8. The largest absolute Gasteiger partial charge is 0.299 e. The SMILES string of the molecule is CC(C)CCC[C@@H](C)[C@H]1CC[C@H]2[C@@H]3CC[C@H]4C(=O)CCC[C@]4(C)[C@H]3CC[C@]12C. The quantitative estimate of drug-likeness (QED) is 0.473. The number of hydrogen-bond acceptors (Lipinski definition) is 1. The fraction of sp³-hybridized carbons (Fsp3) is 0.963. The van der Waals surface area contributed by atoms with E-state index in [1.165, 1.54) is 64.2 Å². The lowest BCUT2D eigenvalue weighted by molar-refractivity contribution is -0.149. The van der Waals surface area contributed by atoms with Gasteiger partial charge in [-0.05, 0) is 97.7 Å². The van der Waals surface area contributed by atoms with Crippen LogP contribution in [0.1, 0.15) is 112 Å². The van der Waals surface area contributed by atoms with Crippen molar-refractivity contribution >= 4 is 5.78 Å². The molecule has 8 atom stereocenters. The zero-order chi connectivity index (χ0) is 20.1. The summed E-state index contributed by atoms with van der Waals surface area (Å²) < 4.78 is 0. The normalized spacial score (nSPS) is 46.8. The van der Waals surface area contributed by atoms with E-state index in [4.69, 9.17) is 0 Å². The lowest BCUT2D eigenvalue weighted by Gasteiger charge is -2.60. The summed E-state index contributed by atoms with van der Waals surface area (Å²) in [5, 5.41) is 0. The van der Waals surface area contributed by atoms with Gasteiger partial charge in [-0.1, -0.05) is 53.9 Å². The standard InChI is InChI=1S/C27H46O/c1-18(2)8-6-9-19(3)21-13-14-22-20-11-12-24-25(28)10-7-16-26(24,4)23(20)15-17-27(21,22)5/h18-24H,6-17H2,1-5H3/t19-,20+,21-,22+,23+,24+,26-,27-/m1/s1. The van der Waals surface area contributed by atoms with Crippen molar-refractivity contribution in [1.82, 2.24) is 0 Å². The fourth-order valence-corrected chi connectivity index (χ4v) is 9.19. The van der Waals surface area contributed by atoms with Crippen LogP contribution in [0.4, 0.5) is 0 Å². The van der Waals surface area contributed by atoms with E-state index < -0.39 is 0 Å². The molecule has 0 aliphatic heterocycles. The summed E-state index contributed by atoms with van der Waals surface area (Å²) in [7, 11) is 0. The van der Waals surface area contributed by atoms with Gasteiger partial charge in [0.15, 0.2) is 0 Å². The van der Waals surface area contributed by atoms with E-state index in [-0.39, 0.29) is 0 Å². The summed E-state index contributed by atoms with van der Waals surface area (Å²) in [4.78, 5) is 12.7. The Morgan fingerprint density at radius 1 is 0.893 bits per heavy atom. The second-order valence-electron chi connectivity index (χ2n) is 12.4. The number of ketones is 1. The van der Waals surface area contributed by atoms with Gasteiger partial charge in [-0.2, -0.15) is 0 Å². The van der Waals surface area contributed by atoms with Crippen molar-refractivity contribution in [3.8, 4) is 0 Å². The van der Waals surface area contributed by atoms with Gasteiger partial charge in [-0.25, -0.2) is 0 Å². The van der Waals surface area contributed by atoms with Crippen molar-refractivity contribution in [1.29, 1.82) is 0 Å². The smallest absolute Gasteiger partial charge is 0.136 e. The van der Waals surface area contributed by atoms with E-state index in [0.29, 0.717) is 22.5 Å². The van der Waals surface area contributed by atoms with E-state index in [0.717, 1.165) is 48.3 Å². The predicted molar refractivity (Wildman–Crippen MR) is 118 cm³/mol. The van der Waals surface area contributed by atoms with Crippen LogP contribution in [0.15, 0.2) is 0 Å². The van der Waals surface area contributed by atoms with Gasteiger partial charge < -0.3 is 0 Å². The molecule has 0 spiro atoms. The van der Waals surface area contributed by atoms with Crippen molar-refractivity contribution in [2.45, 2.75) is 112 Å². The molecule has 4 fully saturated rings. The highest BCUT2D eigenvalue weighted by Gasteiger charge is 2.61. The Hall–Kier alpha value is -0.330. The number of Topliss-reactive ketones (excluding diaryl/α,β-unsaturated/α-hetero) is 1. The van der Waals surface area contributed by atoms with Gasteiger partial charge in [0.2, 0.25) is 0 Å². The van der Waals surface area contributed by atoms with Crippen LogP contribution in [-0.2, 0) is 4.79 Å². The summed E-state index contributed by atoms with van der Waals surface area (Å²) in [6.45, 7) is 12.5. The second kappa shape index (κ2) is 7.73. The zero-order valence-electron chi connectivity index (χ0n) is 19.4. The molecule has 28 heavy (non-hydrogen) atoms. The molecule has 0 radical (unpaired) electrons. The lowest BCUT2D eigenvalue weighted by Crippen LogP contribution is -2.54. The second-order valence-corrected chi connectivity index (χ2v) is 12.4. The minimum absolute atomic E-state index is 0.334. The van der Waals surface area contributed by atoms with Crippen LogP contribution in [0, 0.1) is 52.3 Å². The molecule has 0 heterocycles. The third-order valence-corrected chi connectivity index (χ3v) is 10.6. The van der Waals surface area contributed by atoms with Gasteiger partial charge in [0, 0.05) is 12.3 Å². The molecule has 0 aromatic heterocycles. The lowest BCUT2D eigenvalue weighted by atomic mass is 9.44. The maximum absolute atomic E-state index is 12.7. The third-order valence-electron chi connectivity index (χ3n) is 10.6. The molecule has 0 aromatic rings. The van der Waals surface area contributed by atoms with Crippen molar-refractivity contribution < 1.29 is 4.79 Å². The third kappa shape index (κ3) is 3.31. The molecule has 0 amide bonds. The highest BCUT2D eigenvalue weighted by molar-refractivity contribution is 5.82.